The first-order chi connectivity index (χ1) is 8.33. The second-order valence-electron chi connectivity index (χ2n) is 3.68. The van der Waals surface area contributed by atoms with E-state index in [1.54, 1.807) is 11.3 Å². The maximum atomic E-state index is 5.17. The van der Waals surface area contributed by atoms with Gasteiger partial charge < -0.3 is 10.3 Å². The van der Waals surface area contributed by atoms with Crippen LogP contribution in [0.2, 0.25) is 0 Å². The Morgan fingerprint density at radius 1 is 1.00 bits per heavy atom. The lowest BCUT2D eigenvalue weighted by atomic mass is 10.2. The number of para-hydroxylation sites is 2. The zero-order chi connectivity index (χ0) is 11.7. The molecular weight excluding hydrogens is 248 g/mol. The Hall–Kier alpha value is -1.65. The Kier molecular flexibility index (Phi) is 2.66. The van der Waals surface area contributed by atoms with Crippen LogP contribution in [0.1, 0.15) is 0 Å². The Morgan fingerprint density at radius 3 is 2.65 bits per heavy atom. The number of aromatic nitrogens is 1. The number of fused-ring (bicyclic) bond motifs is 1. The molecule has 2 nitrogen and oxygen atoms in total. The smallest absolute Gasteiger partial charge is 0.159 e. The van der Waals surface area contributed by atoms with Gasteiger partial charge in [0.1, 0.15) is 0 Å². The maximum Gasteiger partial charge on any atom is 0.159 e. The fourth-order valence-corrected chi connectivity index (χ4v) is 2.89. The fraction of sp³-hybridized carbons (Fsp3) is 0. The summed E-state index contributed by atoms with van der Waals surface area (Å²) in [4.78, 5) is 3.22. The quantitative estimate of drug-likeness (QED) is 0.652. The molecule has 0 fully saturated rings. The highest BCUT2D eigenvalue weighted by Gasteiger charge is 2.03. The van der Waals surface area contributed by atoms with Crippen LogP contribution in [0.25, 0.3) is 10.2 Å². The number of anilines is 2. The molecule has 1 heterocycles. The van der Waals surface area contributed by atoms with Crippen molar-refractivity contribution in [1.29, 1.82) is 0 Å². The molecule has 0 amide bonds. The summed E-state index contributed by atoms with van der Waals surface area (Å²) in [6.07, 6.45) is 0. The van der Waals surface area contributed by atoms with E-state index in [-0.39, 0.29) is 0 Å². The van der Waals surface area contributed by atoms with Crippen molar-refractivity contribution in [2.45, 2.75) is 0 Å². The molecule has 4 heteroatoms. The zero-order valence-electron chi connectivity index (χ0n) is 8.94. The summed E-state index contributed by atoms with van der Waals surface area (Å²) < 4.78 is 1.98. The van der Waals surface area contributed by atoms with Crippen molar-refractivity contribution in [3.63, 3.8) is 0 Å². The molecule has 2 aromatic carbocycles. The lowest BCUT2D eigenvalue weighted by Gasteiger charge is -2.06. The molecular formula is C13H10N2S2. The third kappa shape index (κ3) is 2.09. The zero-order valence-corrected chi connectivity index (χ0v) is 10.6. The molecule has 0 radical (unpaired) electrons. The van der Waals surface area contributed by atoms with Crippen LogP contribution in [0.15, 0.2) is 48.5 Å². The first-order valence-corrected chi connectivity index (χ1v) is 6.49. The minimum Gasteiger partial charge on any atom is -0.354 e. The van der Waals surface area contributed by atoms with Crippen LogP contribution >= 0.6 is 23.6 Å². The number of thiazole rings is 1. The second kappa shape index (κ2) is 4.31. The lowest BCUT2D eigenvalue weighted by Crippen LogP contribution is -1.90. The van der Waals surface area contributed by atoms with Crippen molar-refractivity contribution in [3.8, 4) is 0 Å². The number of hydrogen-bond acceptors (Lipinski definition) is 3. The van der Waals surface area contributed by atoms with Gasteiger partial charge in [-0.05, 0) is 36.5 Å². The molecule has 0 saturated carbocycles. The summed E-state index contributed by atoms with van der Waals surface area (Å²) in [7, 11) is 0. The number of H-pyrrole nitrogens is 1. The predicted molar refractivity (Wildman–Crippen MR) is 76.7 cm³/mol. The monoisotopic (exact) mass is 258 g/mol. The standard InChI is InChI=1S/C13H10N2S2/c16-13-15-12-10(7-4-8-11(12)17-13)14-9-5-2-1-3-6-9/h1-8,14H,(H,15,16). The Bertz CT molecular complexity index is 698. The van der Waals surface area contributed by atoms with Crippen molar-refractivity contribution in [2.24, 2.45) is 0 Å². The molecule has 0 unspecified atom stereocenters. The summed E-state index contributed by atoms with van der Waals surface area (Å²) in [6.45, 7) is 0. The molecule has 0 aliphatic rings. The minimum absolute atomic E-state index is 0.808. The van der Waals surface area contributed by atoms with E-state index in [9.17, 15) is 0 Å². The maximum absolute atomic E-state index is 5.17. The Balaban J connectivity index is 2.09. The van der Waals surface area contributed by atoms with Crippen molar-refractivity contribution in [2.75, 3.05) is 5.32 Å². The summed E-state index contributed by atoms with van der Waals surface area (Å²) in [5.74, 6) is 0. The van der Waals surface area contributed by atoms with Gasteiger partial charge in [0.25, 0.3) is 0 Å². The van der Waals surface area contributed by atoms with E-state index >= 15 is 0 Å². The van der Waals surface area contributed by atoms with Crippen LogP contribution in [-0.2, 0) is 0 Å². The van der Waals surface area contributed by atoms with E-state index in [0.717, 1.165) is 20.8 Å². The average Bonchev–Trinajstić information content (AvgIpc) is 2.72. The van der Waals surface area contributed by atoms with Gasteiger partial charge in [0.05, 0.1) is 15.9 Å². The molecule has 0 saturated heterocycles. The summed E-state index contributed by atoms with van der Waals surface area (Å²) in [5, 5.41) is 3.39. The van der Waals surface area contributed by atoms with Crippen LogP contribution in [-0.4, -0.2) is 4.98 Å². The number of nitrogens with one attached hydrogen (secondary N) is 2. The van der Waals surface area contributed by atoms with Crippen molar-refractivity contribution >= 4 is 45.1 Å². The fourth-order valence-electron chi connectivity index (χ4n) is 1.75. The van der Waals surface area contributed by atoms with E-state index in [2.05, 4.69) is 16.4 Å². The van der Waals surface area contributed by atoms with Gasteiger partial charge in [-0.3, -0.25) is 0 Å². The topological polar surface area (TPSA) is 27.8 Å². The van der Waals surface area contributed by atoms with E-state index in [1.165, 1.54) is 4.70 Å². The second-order valence-corrected chi connectivity index (χ2v) is 5.40. The number of hydrogen-bond donors (Lipinski definition) is 2. The van der Waals surface area contributed by atoms with E-state index < -0.39 is 0 Å². The highest BCUT2D eigenvalue weighted by molar-refractivity contribution is 7.73. The number of rotatable bonds is 2. The van der Waals surface area contributed by atoms with Crippen LogP contribution < -0.4 is 5.32 Å². The van der Waals surface area contributed by atoms with E-state index in [1.807, 2.05) is 42.5 Å². The van der Waals surface area contributed by atoms with Crippen LogP contribution in [0, 0.1) is 3.95 Å². The first kappa shape index (κ1) is 10.5. The third-order valence-corrected chi connectivity index (χ3v) is 3.71. The molecule has 0 atom stereocenters. The van der Waals surface area contributed by atoms with Gasteiger partial charge in [-0.25, -0.2) is 0 Å². The van der Waals surface area contributed by atoms with E-state index in [0.29, 0.717) is 0 Å². The van der Waals surface area contributed by atoms with Gasteiger partial charge in [-0.1, -0.05) is 24.3 Å². The molecule has 0 bridgehead atoms. The highest BCUT2D eigenvalue weighted by Crippen LogP contribution is 2.28. The summed E-state index contributed by atoms with van der Waals surface area (Å²) >= 11 is 6.77. The predicted octanol–water partition coefficient (Wildman–Crippen LogP) is 4.70. The van der Waals surface area contributed by atoms with Gasteiger partial charge >= 0.3 is 0 Å². The molecule has 17 heavy (non-hydrogen) atoms. The van der Waals surface area contributed by atoms with Crippen LogP contribution in [0.5, 0.6) is 0 Å². The van der Waals surface area contributed by atoms with Gasteiger partial charge in [0.2, 0.25) is 0 Å². The molecule has 3 aromatic rings. The van der Waals surface area contributed by atoms with Gasteiger partial charge in [-0.2, -0.15) is 0 Å². The Morgan fingerprint density at radius 2 is 1.82 bits per heavy atom. The summed E-state index contributed by atoms with van der Waals surface area (Å²) in [5.41, 5.74) is 3.21. The lowest BCUT2D eigenvalue weighted by molar-refractivity contribution is 1.45. The molecule has 3 rings (SSSR count). The molecule has 84 valence electrons. The van der Waals surface area contributed by atoms with Crippen molar-refractivity contribution in [3.05, 3.63) is 52.5 Å². The van der Waals surface area contributed by atoms with E-state index in [4.69, 9.17) is 12.2 Å². The van der Waals surface area contributed by atoms with Crippen molar-refractivity contribution in [1.82, 2.24) is 4.98 Å². The number of aromatic amines is 1. The van der Waals surface area contributed by atoms with Gasteiger partial charge in [-0.15, -0.1) is 11.3 Å². The Labute approximate surface area is 108 Å². The minimum atomic E-state index is 0.808. The van der Waals surface area contributed by atoms with Crippen molar-refractivity contribution < 1.29 is 0 Å². The van der Waals surface area contributed by atoms with Crippen LogP contribution in [0.4, 0.5) is 11.4 Å². The SMILES string of the molecule is S=c1[nH]c2c(Nc3ccccc3)cccc2s1. The molecule has 0 aliphatic carbocycles. The summed E-state index contributed by atoms with van der Waals surface area (Å²) in [6, 6.07) is 16.3. The molecule has 2 N–H and O–H groups in total. The molecule has 1 aromatic heterocycles. The largest absolute Gasteiger partial charge is 0.354 e. The average molecular weight is 258 g/mol. The molecule has 0 spiro atoms. The normalized spacial score (nSPS) is 10.6. The number of benzene rings is 2. The van der Waals surface area contributed by atoms with Crippen LogP contribution in [0.3, 0.4) is 0 Å². The molecule has 0 aliphatic heterocycles. The third-order valence-electron chi connectivity index (χ3n) is 2.51. The van der Waals surface area contributed by atoms with Gasteiger partial charge in [0.15, 0.2) is 3.95 Å². The highest BCUT2D eigenvalue weighted by atomic mass is 32.1. The van der Waals surface area contributed by atoms with Gasteiger partial charge in [0, 0.05) is 5.69 Å². The first-order valence-electron chi connectivity index (χ1n) is 5.27.